The Balaban J connectivity index is 2.61. The molecule has 0 saturated carbocycles. The van der Waals surface area contributed by atoms with Gasteiger partial charge in [0.1, 0.15) is 0 Å². The molecular formula is C6H11N5. The van der Waals surface area contributed by atoms with Crippen molar-refractivity contribution < 1.29 is 0 Å². The molecular weight excluding hydrogens is 142 g/mol. The number of rotatable bonds is 3. The topological polar surface area (TPSA) is 54.8 Å². The summed E-state index contributed by atoms with van der Waals surface area (Å²) in [5.41, 5.74) is 0. The standard InChI is InChI=1S/C6H11N5/c1-3-4-11(2)6-9-7-5-8-10-6/h5H,3-4H2,1-2H3. The maximum absolute atomic E-state index is 3.80. The quantitative estimate of drug-likeness (QED) is 0.617. The van der Waals surface area contributed by atoms with E-state index in [1.807, 2.05) is 11.9 Å². The summed E-state index contributed by atoms with van der Waals surface area (Å²) in [5.74, 6) is 0.578. The summed E-state index contributed by atoms with van der Waals surface area (Å²) >= 11 is 0. The van der Waals surface area contributed by atoms with Gasteiger partial charge in [0.05, 0.1) is 0 Å². The Bertz CT molecular complexity index is 199. The van der Waals surface area contributed by atoms with Gasteiger partial charge in [0, 0.05) is 13.6 Å². The molecule has 0 atom stereocenters. The fraction of sp³-hybridized carbons (Fsp3) is 0.667. The van der Waals surface area contributed by atoms with E-state index < -0.39 is 0 Å². The third-order valence-corrected chi connectivity index (χ3v) is 1.30. The maximum atomic E-state index is 3.80. The summed E-state index contributed by atoms with van der Waals surface area (Å²) in [6.07, 6.45) is 2.39. The fourth-order valence-corrected chi connectivity index (χ4v) is 0.786. The molecule has 0 aromatic carbocycles. The van der Waals surface area contributed by atoms with Crippen LogP contribution in [0.25, 0.3) is 0 Å². The van der Waals surface area contributed by atoms with Gasteiger partial charge in [0.15, 0.2) is 6.33 Å². The number of hydrogen-bond donors (Lipinski definition) is 0. The molecule has 0 unspecified atom stereocenters. The molecule has 1 aromatic rings. The highest BCUT2D eigenvalue weighted by Gasteiger charge is 2.00. The fourth-order valence-electron chi connectivity index (χ4n) is 0.786. The van der Waals surface area contributed by atoms with Crippen LogP contribution in [0, 0.1) is 0 Å². The second kappa shape index (κ2) is 3.80. The van der Waals surface area contributed by atoms with E-state index in [0.29, 0.717) is 5.95 Å². The minimum Gasteiger partial charge on any atom is -0.341 e. The van der Waals surface area contributed by atoms with Crippen LogP contribution in [0.3, 0.4) is 0 Å². The van der Waals surface area contributed by atoms with Gasteiger partial charge in [0.25, 0.3) is 5.95 Å². The number of hydrogen-bond acceptors (Lipinski definition) is 5. The molecule has 5 nitrogen and oxygen atoms in total. The van der Waals surface area contributed by atoms with Crippen LogP contribution in [-0.2, 0) is 0 Å². The predicted octanol–water partition coefficient (Wildman–Crippen LogP) is 0.113. The molecule has 1 aromatic heterocycles. The van der Waals surface area contributed by atoms with E-state index >= 15 is 0 Å². The Kier molecular flexibility index (Phi) is 2.71. The van der Waals surface area contributed by atoms with Crippen molar-refractivity contribution in [3.63, 3.8) is 0 Å². The van der Waals surface area contributed by atoms with Gasteiger partial charge in [-0.05, 0) is 6.42 Å². The van der Waals surface area contributed by atoms with E-state index in [1.54, 1.807) is 0 Å². The second-order valence-electron chi connectivity index (χ2n) is 2.27. The van der Waals surface area contributed by atoms with Crippen molar-refractivity contribution >= 4 is 5.95 Å². The van der Waals surface area contributed by atoms with Gasteiger partial charge in [-0.1, -0.05) is 6.92 Å². The Hall–Kier alpha value is -1.26. The molecule has 0 saturated heterocycles. The van der Waals surface area contributed by atoms with Crippen LogP contribution in [0.2, 0.25) is 0 Å². The van der Waals surface area contributed by atoms with Crippen LogP contribution < -0.4 is 4.90 Å². The Morgan fingerprint density at radius 1 is 1.36 bits per heavy atom. The van der Waals surface area contributed by atoms with E-state index in [-0.39, 0.29) is 0 Å². The average Bonchev–Trinajstić information content (AvgIpc) is 2.07. The molecule has 1 heterocycles. The highest BCUT2D eigenvalue weighted by molar-refractivity contribution is 5.22. The monoisotopic (exact) mass is 153 g/mol. The lowest BCUT2D eigenvalue weighted by molar-refractivity contribution is 0.760. The van der Waals surface area contributed by atoms with Gasteiger partial charge in [-0.15, -0.1) is 20.4 Å². The largest absolute Gasteiger partial charge is 0.341 e. The smallest absolute Gasteiger partial charge is 0.264 e. The van der Waals surface area contributed by atoms with Crippen molar-refractivity contribution in [2.24, 2.45) is 0 Å². The molecule has 0 fully saturated rings. The molecule has 0 aliphatic heterocycles. The van der Waals surface area contributed by atoms with Gasteiger partial charge in [-0.3, -0.25) is 0 Å². The first kappa shape index (κ1) is 7.84. The third-order valence-electron chi connectivity index (χ3n) is 1.30. The summed E-state index contributed by atoms with van der Waals surface area (Å²) in [6, 6.07) is 0. The van der Waals surface area contributed by atoms with Crippen molar-refractivity contribution in [1.82, 2.24) is 20.4 Å². The zero-order valence-corrected chi connectivity index (χ0v) is 6.73. The summed E-state index contributed by atoms with van der Waals surface area (Å²) in [5, 5.41) is 14.8. The van der Waals surface area contributed by atoms with E-state index in [4.69, 9.17) is 0 Å². The second-order valence-corrected chi connectivity index (χ2v) is 2.27. The average molecular weight is 153 g/mol. The van der Waals surface area contributed by atoms with Crippen molar-refractivity contribution in [3.8, 4) is 0 Å². The highest BCUT2D eigenvalue weighted by Crippen LogP contribution is 1.98. The molecule has 0 radical (unpaired) electrons. The van der Waals surface area contributed by atoms with Crippen LogP contribution in [0.5, 0.6) is 0 Å². The lowest BCUT2D eigenvalue weighted by Gasteiger charge is -2.12. The maximum Gasteiger partial charge on any atom is 0.264 e. The van der Waals surface area contributed by atoms with Crippen LogP contribution in [0.4, 0.5) is 5.95 Å². The Morgan fingerprint density at radius 3 is 2.55 bits per heavy atom. The molecule has 0 aliphatic rings. The van der Waals surface area contributed by atoms with E-state index in [2.05, 4.69) is 27.3 Å². The van der Waals surface area contributed by atoms with Crippen LogP contribution in [0.15, 0.2) is 6.33 Å². The first-order chi connectivity index (χ1) is 5.34. The predicted molar refractivity (Wildman–Crippen MR) is 41.2 cm³/mol. The zero-order chi connectivity index (χ0) is 8.10. The molecule has 1 rings (SSSR count). The SMILES string of the molecule is CCCN(C)c1nncnn1. The minimum atomic E-state index is 0.578. The highest BCUT2D eigenvalue weighted by atomic mass is 15.4. The van der Waals surface area contributed by atoms with Crippen LogP contribution in [-0.4, -0.2) is 34.0 Å². The van der Waals surface area contributed by atoms with E-state index in [9.17, 15) is 0 Å². The first-order valence-corrected chi connectivity index (χ1v) is 3.56. The van der Waals surface area contributed by atoms with Gasteiger partial charge in [-0.2, -0.15) is 0 Å². The van der Waals surface area contributed by atoms with Crippen molar-refractivity contribution in [3.05, 3.63) is 6.33 Å². The number of nitrogens with zero attached hydrogens (tertiary/aromatic N) is 5. The first-order valence-electron chi connectivity index (χ1n) is 3.56. The molecule has 0 amide bonds. The molecule has 60 valence electrons. The van der Waals surface area contributed by atoms with E-state index in [0.717, 1.165) is 13.0 Å². The summed E-state index contributed by atoms with van der Waals surface area (Å²) in [4.78, 5) is 1.92. The van der Waals surface area contributed by atoms with Crippen molar-refractivity contribution in [1.29, 1.82) is 0 Å². The van der Waals surface area contributed by atoms with Gasteiger partial charge < -0.3 is 4.90 Å². The summed E-state index contributed by atoms with van der Waals surface area (Å²) < 4.78 is 0. The normalized spacial score (nSPS) is 9.64. The molecule has 0 N–H and O–H groups in total. The van der Waals surface area contributed by atoms with Gasteiger partial charge >= 0.3 is 0 Å². The summed E-state index contributed by atoms with van der Waals surface area (Å²) in [6.45, 7) is 3.02. The summed E-state index contributed by atoms with van der Waals surface area (Å²) in [7, 11) is 1.92. The lowest BCUT2D eigenvalue weighted by Crippen LogP contribution is -2.21. The van der Waals surface area contributed by atoms with Gasteiger partial charge in [0.2, 0.25) is 0 Å². The minimum absolute atomic E-state index is 0.578. The van der Waals surface area contributed by atoms with Crippen LogP contribution in [0.1, 0.15) is 13.3 Å². The molecule has 0 aliphatic carbocycles. The molecule has 5 heteroatoms. The molecule has 0 spiro atoms. The zero-order valence-electron chi connectivity index (χ0n) is 6.73. The Labute approximate surface area is 65.5 Å². The molecule has 0 bridgehead atoms. The van der Waals surface area contributed by atoms with Crippen molar-refractivity contribution in [2.45, 2.75) is 13.3 Å². The van der Waals surface area contributed by atoms with Crippen LogP contribution >= 0.6 is 0 Å². The molecule has 11 heavy (non-hydrogen) atoms. The third kappa shape index (κ3) is 2.10. The van der Waals surface area contributed by atoms with Crippen molar-refractivity contribution in [2.75, 3.05) is 18.5 Å². The lowest BCUT2D eigenvalue weighted by atomic mass is 10.4. The van der Waals surface area contributed by atoms with Gasteiger partial charge in [-0.25, -0.2) is 0 Å². The number of anilines is 1. The van der Waals surface area contributed by atoms with E-state index in [1.165, 1.54) is 6.33 Å². The number of aromatic nitrogens is 4. The Morgan fingerprint density at radius 2 is 2.00 bits per heavy atom.